The third kappa shape index (κ3) is 3.02. The second-order valence-corrected chi connectivity index (χ2v) is 2.71. The van der Waals surface area contributed by atoms with Crippen molar-refractivity contribution >= 4 is 11.6 Å². The van der Waals surface area contributed by atoms with Crippen molar-refractivity contribution in [2.24, 2.45) is 5.73 Å². The fourth-order valence-corrected chi connectivity index (χ4v) is 0.897. The Labute approximate surface area is 80.9 Å². The third-order valence-electron chi connectivity index (χ3n) is 1.31. The van der Waals surface area contributed by atoms with Gasteiger partial charge in [0.05, 0.1) is 11.8 Å². The average molecular weight is 199 g/mol. The molecule has 0 bridgehead atoms. The van der Waals surface area contributed by atoms with Gasteiger partial charge >= 0.3 is 0 Å². The largest absolute Gasteiger partial charge is 0.330 e. The Morgan fingerprint density at radius 2 is 2.38 bits per heavy atom. The first-order valence-corrected chi connectivity index (χ1v) is 4.12. The van der Waals surface area contributed by atoms with E-state index in [-0.39, 0.29) is 10.7 Å². The molecule has 0 atom stereocenters. The van der Waals surface area contributed by atoms with Gasteiger partial charge in [0.15, 0.2) is 5.82 Å². The molecule has 0 saturated carbocycles. The summed E-state index contributed by atoms with van der Waals surface area (Å²) >= 11 is 5.56. The van der Waals surface area contributed by atoms with E-state index in [1.807, 2.05) is 0 Å². The molecule has 0 radical (unpaired) electrons. The van der Waals surface area contributed by atoms with Gasteiger partial charge in [-0.15, -0.1) is 0 Å². The van der Waals surface area contributed by atoms with Crippen LogP contribution >= 0.6 is 11.6 Å². The van der Waals surface area contributed by atoms with Gasteiger partial charge in [0, 0.05) is 13.0 Å². The predicted molar refractivity (Wildman–Crippen MR) is 49.8 cm³/mol. The highest BCUT2D eigenvalue weighted by molar-refractivity contribution is 6.29. The summed E-state index contributed by atoms with van der Waals surface area (Å²) in [6, 6.07) is 1.39. The molecule has 1 heterocycles. The van der Waals surface area contributed by atoms with Crippen LogP contribution in [0.15, 0.2) is 12.3 Å². The fraction of sp³-hybridized carbons (Fsp3) is 0.222. The number of halogens is 2. The highest BCUT2D eigenvalue weighted by atomic mass is 35.5. The van der Waals surface area contributed by atoms with E-state index in [1.54, 1.807) is 0 Å². The summed E-state index contributed by atoms with van der Waals surface area (Å²) in [6.07, 6.45) is 1.59. The quantitative estimate of drug-likeness (QED) is 0.550. The summed E-state index contributed by atoms with van der Waals surface area (Å²) in [5, 5.41) is 0.235. The zero-order valence-corrected chi connectivity index (χ0v) is 7.61. The Hall–Kier alpha value is -1.11. The molecule has 0 fully saturated rings. The lowest BCUT2D eigenvalue weighted by atomic mass is 10.2. The highest BCUT2D eigenvalue weighted by Crippen LogP contribution is 2.09. The van der Waals surface area contributed by atoms with E-state index in [9.17, 15) is 4.39 Å². The van der Waals surface area contributed by atoms with Crippen LogP contribution in [-0.2, 0) is 0 Å². The molecule has 0 aliphatic heterocycles. The van der Waals surface area contributed by atoms with Gasteiger partial charge in [-0.1, -0.05) is 23.4 Å². The van der Waals surface area contributed by atoms with Crippen LogP contribution < -0.4 is 5.73 Å². The van der Waals surface area contributed by atoms with E-state index >= 15 is 0 Å². The molecule has 0 aliphatic rings. The van der Waals surface area contributed by atoms with Crippen LogP contribution in [-0.4, -0.2) is 11.5 Å². The van der Waals surface area contributed by atoms with Crippen LogP contribution in [0.1, 0.15) is 12.0 Å². The summed E-state index contributed by atoms with van der Waals surface area (Å²) in [5.74, 6) is 4.88. The van der Waals surface area contributed by atoms with E-state index < -0.39 is 5.82 Å². The fourth-order valence-electron chi connectivity index (χ4n) is 0.739. The Balaban J connectivity index is 2.89. The number of nitrogens with two attached hydrogens (primary N) is 1. The van der Waals surface area contributed by atoms with Gasteiger partial charge in [-0.05, 0) is 6.07 Å². The Morgan fingerprint density at radius 1 is 1.62 bits per heavy atom. The number of hydrogen-bond acceptors (Lipinski definition) is 2. The molecule has 1 rings (SSSR count). The second-order valence-electron chi connectivity index (χ2n) is 2.33. The van der Waals surface area contributed by atoms with Crippen LogP contribution in [0.5, 0.6) is 0 Å². The predicted octanol–water partition coefficient (Wildman–Crippen LogP) is 1.57. The summed E-state index contributed by atoms with van der Waals surface area (Å²) in [4.78, 5) is 3.57. The minimum atomic E-state index is -0.464. The van der Waals surface area contributed by atoms with Crippen molar-refractivity contribution in [3.05, 3.63) is 28.8 Å². The Morgan fingerprint density at radius 3 is 3.08 bits per heavy atom. The van der Waals surface area contributed by atoms with Crippen molar-refractivity contribution in [2.45, 2.75) is 6.42 Å². The monoisotopic (exact) mass is 198 g/mol. The molecule has 68 valence electrons. The van der Waals surface area contributed by atoms with Gasteiger partial charge in [0.1, 0.15) is 5.15 Å². The van der Waals surface area contributed by atoms with Gasteiger partial charge in [-0.2, -0.15) is 0 Å². The van der Waals surface area contributed by atoms with Crippen LogP contribution in [0.4, 0.5) is 4.39 Å². The van der Waals surface area contributed by atoms with Gasteiger partial charge in [-0.3, -0.25) is 0 Å². The van der Waals surface area contributed by atoms with Crippen molar-refractivity contribution in [1.29, 1.82) is 0 Å². The number of rotatable bonds is 1. The molecule has 0 aromatic carbocycles. The first kappa shape index (κ1) is 9.97. The van der Waals surface area contributed by atoms with Crippen molar-refractivity contribution < 1.29 is 4.39 Å². The summed E-state index contributed by atoms with van der Waals surface area (Å²) in [7, 11) is 0. The van der Waals surface area contributed by atoms with E-state index in [1.165, 1.54) is 6.07 Å². The topological polar surface area (TPSA) is 38.9 Å². The lowest BCUT2D eigenvalue weighted by Crippen LogP contribution is -1.95. The second kappa shape index (κ2) is 4.80. The maximum atomic E-state index is 12.9. The molecule has 0 amide bonds. The molecule has 1 aromatic rings. The first-order chi connectivity index (χ1) is 6.24. The van der Waals surface area contributed by atoms with Crippen molar-refractivity contribution in [2.75, 3.05) is 6.54 Å². The van der Waals surface area contributed by atoms with E-state index in [4.69, 9.17) is 17.3 Å². The SMILES string of the molecule is NCCC#Cc1cc(Cl)ncc1F. The molecule has 13 heavy (non-hydrogen) atoms. The van der Waals surface area contributed by atoms with Crippen molar-refractivity contribution in [3.8, 4) is 11.8 Å². The van der Waals surface area contributed by atoms with Gasteiger partial charge in [0.2, 0.25) is 0 Å². The summed E-state index contributed by atoms with van der Waals surface area (Å²) in [5.41, 5.74) is 5.48. The minimum Gasteiger partial charge on any atom is -0.330 e. The van der Waals surface area contributed by atoms with Gasteiger partial charge in [-0.25, -0.2) is 9.37 Å². The van der Waals surface area contributed by atoms with Crippen molar-refractivity contribution in [3.63, 3.8) is 0 Å². The van der Waals surface area contributed by atoms with E-state index in [2.05, 4.69) is 16.8 Å². The Bertz CT molecular complexity index is 354. The normalized spacial score (nSPS) is 9.15. The van der Waals surface area contributed by atoms with Crippen LogP contribution in [0.25, 0.3) is 0 Å². The molecule has 0 unspecified atom stereocenters. The summed E-state index contributed by atoms with van der Waals surface area (Å²) in [6.45, 7) is 0.466. The molecule has 2 N–H and O–H groups in total. The number of pyridine rings is 1. The van der Waals surface area contributed by atoms with Crippen LogP contribution in [0.2, 0.25) is 5.15 Å². The molecular formula is C9H8ClFN2. The first-order valence-electron chi connectivity index (χ1n) is 3.74. The van der Waals surface area contributed by atoms with Gasteiger partial charge in [0.25, 0.3) is 0 Å². The third-order valence-corrected chi connectivity index (χ3v) is 1.52. The number of aromatic nitrogens is 1. The lowest BCUT2D eigenvalue weighted by Gasteiger charge is -1.93. The van der Waals surface area contributed by atoms with E-state index in [0.717, 1.165) is 6.20 Å². The maximum absolute atomic E-state index is 12.9. The van der Waals surface area contributed by atoms with Crippen LogP contribution in [0.3, 0.4) is 0 Å². The Kier molecular flexibility index (Phi) is 3.69. The highest BCUT2D eigenvalue weighted by Gasteiger charge is 1.99. The zero-order chi connectivity index (χ0) is 9.68. The smallest absolute Gasteiger partial charge is 0.157 e. The number of nitrogens with zero attached hydrogens (tertiary/aromatic N) is 1. The number of hydrogen-bond donors (Lipinski definition) is 1. The molecule has 0 spiro atoms. The summed E-state index contributed by atoms with van der Waals surface area (Å²) < 4.78 is 12.9. The molecule has 0 aliphatic carbocycles. The average Bonchev–Trinajstić information content (AvgIpc) is 2.11. The molecule has 4 heteroatoms. The molecule has 2 nitrogen and oxygen atoms in total. The zero-order valence-electron chi connectivity index (χ0n) is 6.85. The standard InChI is InChI=1S/C9H8ClFN2/c10-9-5-7(3-1-2-4-12)8(11)6-13-9/h5-6H,2,4,12H2. The maximum Gasteiger partial charge on any atom is 0.157 e. The van der Waals surface area contributed by atoms with Gasteiger partial charge < -0.3 is 5.73 Å². The lowest BCUT2D eigenvalue weighted by molar-refractivity contribution is 0.618. The van der Waals surface area contributed by atoms with E-state index in [0.29, 0.717) is 13.0 Å². The molecule has 1 aromatic heterocycles. The molecular weight excluding hydrogens is 191 g/mol. The van der Waals surface area contributed by atoms with Crippen molar-refractivity contribution in [1.82, 2.24) is 4.98 Å². The van der Waals surface area contributed by atoms with Crippen LogP contribution in [0, 0.1) is 17.7 Å². The molecule has 0 saturated heterocycles. The minimum absolute atomic E-state index is 0.235.